The summed E-state index contributed by atoms with van der Waals surface area (Å²) < 4.78 is 1.23. The zero-order chi connectivity index (χ0) is 20.1. The summed E-state index contributed by atoms with van der Waals surface area (Å²) in [5, 5.41) is 7.06. The van der Waals surface area contributed by atoms with Crippen LogP contribution in [0.15, 0.2) is 24.3 Å². The number of urea groups is 1. The number of benzene rings is 1. The number of fused-ring (bicyclic) bond motifs is 1. The molecule has 2 heterocycles. The van der Waals surface area contributed by atoms with Crippen LogP contribution in [0, 0.1) is 0 Å². The Morgan fingerprint density at radius 1 is 1.07 bits per heavy atom. The fourth-order valence-corrected chi connectivity index (χ4v) is 5.50. The molecule has 29 heavy (non-hydrogen) atoms. The van der Waals surface area contributed by atoms with Crippen LogP contribution in [0.1, 0.15) is 62.3 Å². The van der Waals surface area contributed by atoms with Crippen LogP contribution >= 0.6 is 11.3 Å². The second-order valence-corrected chi connectivity index (χ2v) is 9.22. The van der Waals surface area contributed by atoms with E-state index in [0.29, 0.717) is 24.9 Å². The molecule has 1 aliphatic heterocycles. The highest BCUT2D eigenvalue weighted by Crippen LogP contribution is 2.33. The molecule has 1 saturated heterocycles. The first-order chi connectivity index (χ1) is 14.2. The third-order valence-corrected chi connectivity index (χ3v) is 7.27. The molecular formula is C22H30N4O2S. The van der Waals surface area contributed by atoms with Crippen LogP contribution in [0.3, 0.4) is 0 Å². The standard InChI is InChI=1S/C22H30N4O2S/c27-20(10-13-23-22(28)24-17-6-2-1-3-7-17)26-14-11-16(12-15-26)21-25-18-8-4-5-9-19(18)29-21/h4-5,8-9,16-17H,1-3,6-7,10-15H2,(H2,23,24,28). The van der Waals surface area contributed by atoms with Crippen molar-refractivity contribution in [3.05, 3.63) is 29.3 Å². The van der Waals surface area contributed by atoms with Crippen LogP contribution in [0.25, 0.3) is 10.2 Å². The monoisotopic (exact) mass is 414 g/mol. The average Bonchev–Trinajstić information content (AvgIpc) is 3.19. The molecule has 0 atom stereocenters. The molecular weight excluding hydrogens is 384 g/mol. The van der Waals surface area contributed by atoms with Crippen LogP contribution in [0.4, 0.5) is 4.79 Å². The van der Waals surface area contributed by atoms with Gasteiger partial charge in [-0.15, -0.1) is 11.3 Å². The Morgan fingerprint density at radius 3 is 2.59 bits per heavy atom. The highest BCUT2D eigenvalue weighted by Gasteiger charge is 2.25. The summed E-state index contributed by atoms with van der Waals surface area (Å²) in [5.41, 5.74) is 1.07. The quantitative estimate of drug-likeness (QED) is 0.776. The number of aromatic nitrogens is 1. The predicted octanol–water partition coefficient (Wildman–Crippen LogP) is 4.02. The van der Waals surface area contributed by atoms with E-state index < -0.39 is 0 Å². The number of nitrogens with one attached hydrogen (secondary N) is 2. The van der Waals surface area contributed by atoms with Gasteiger partial charge in [0.2, 0.25) is 5.91 Å². The van der Waals surface area contributed by atoms with E-state index in [4.69, 9.17) is 4.98 Å². The normalized spacial score (nSPS) is 18.7. The highest BCUT2D eigenvalue weighted by atomic mass is 32.1. The number of rotatable bonds is 5. The molecule has 1 aliphatic carbocycles. The molecule has 0 spiro atoms. The van der Waals surface area contributed by atoms with Gasteiger partial charge >= 0.3 is 6.03 Å². The van der Waals surface area contributed by atoms with E-state index in [-0.39, 0.29) is 11.9 Å². The van der Waals surface area contributed by atoms with Crippen molar-refractivity contribution in [2.24, 2.45) is 0 Å². The van der Waals surface area contributed by atoms with Crippen LogP contribution in [0.5, 0.6) is 0 Å². The minimum absolute atomic E-state index is 0.130. The van der Waals surface area contributed by atoms with Gasteiger partial charge in [-0.3, -0.25) is 4.79 Å². The molecule has 2 N–H and O–H groups in total. The lowest BCUT2D eigenvalue weighted by atomic mass is 9.96. The number of hydrogen-bond donors (Lipinski definition) is 2. The lowest BCUT2D eigenvalue weighted by Gasteiger charge is -2.31. The number of nitrogens with zero attached hydrogens (tertiary/aromatic N) is 2. The van der Waals surface area contributed by atoms with Gasteiger partial charge in [-0.25, -0.2) is 9.78 Å². The summed E-state index contributed by atoms with van der Waals surface area (Å²) in [7, 11) is 0. The third-order valence-electron chi connectivity index (χ3n) is 6.07. The van der Waals surface area contributed by atoms with E-state index in [1.165, 1.54) is 29.0 Å². The van der Waals surface area contributed by atoms with E-state index in [9.17, 15) is 9.59 Å². The largest absolute Gasteiger partial charge is 0.343 e. The number of amides is 3. The minimum Gasteiger partial charge on any atom is -0.343 e. The summed E-state index contributed by atoms with van der Waals surface area (Å²) >= 11 is 1.78. The number of likely N-dealkylation sites (tertiary alicyclic amines) is 1. The molecule has 7 heteroatoms. The first-order valence-corrected chi connectivity index (χ1v) is 11.7. The first kappa shape index (κ1) is 20.1. The summed E-state index contributed by atoms with van der Waals surface area (Å²) in [5.74, 6) is 0.571. The van der Waals surface area contributed by atoms with Crippen molar-refractivity contribution in [2.45, 2.75) is 63.3 Å². The van der Waals surface area contributed by atoms with E-state index in [0.717, 1.165) is 44.3 Å². The Kier molecular flexibility index (Phi) is 6.64. The van der Waals surface area contributed by atoms with Crippen LogP contribution in [-0.2, 0) is 4.79 Å². The van der Waals surface area contributed by atoms with Gasteiger partial charge in [-0.2, -0.15) is 0 Å². The molecule has 156 valence electrons. The van der Waals surface area contributed by atoms with Gasteiger partial charge in [-0.05, 0) is 37.8 Å². The molecule has 2 aromatic rings. The highest BCUT2D eigenvalue weighted by molar-refractivity contribution is 7.18. The molecule has 0 bridgehead atoms. The van der Waals surface area contributed by atoms with Gasteiger partial charge in [0.05, 0.1) is 15.2 Å². The maximum absolute atomic E-state index is 12.5. The molecule has 6 nitrogen and oxygen atoms in total. The van der Waals surface area contributed by atoms with Crippen molar-refractivity contribution < 1.29 is 9.59 Å². The number of piperidine rings is 1. The van der Waals surface area contributed by atoms with Crippen molar-refractivity contribution >= 4 is 33.5 Å². The molecule has 2 fully saturated rings. The van der Waals surface area contributed by atoms with Crippen LogP contribution in [-0.4, -0.2) is 47.5 Å². The van der Waals surface area contributed by atoms with Gasteiger partial charge in [0.15, 0.2) is 0 Å². The number of carbonyl (C=O) groups excluding carboxylic acids is 2. The topological polar surface area (TPSA) is 74.3 Å². The van der Waals surface area contributed by atoms with Crippen LogP contribution in [0.2, 0.25) is 0 Å². The van der Waals surface area contributed by atoms with Crippen molar-refractivity contribution in [2.75, 3.05) is 19.6 Å². The van der Waals surface area contributed by atoms with Gasteiger partial charge in [-0.1, -0.05) is 31.4 Å². The number of hydrogen-bond acceptors (Lipinski definition) is 4. The zero-order valence-corrected chi connectivity index (χ0v) is 17.7. The number of carbonyl (C=O) groups is 2. The summed E-state index contributed by atoms with van der Waals surface area (Å²) in [6, 6.07) is 8.41. The molecule has 2 aliphatic rings. The van der Waals surface area contributed by atoms with Gasteiger partial charge in [0, 0.05) is 38.0 Å². The predicted molar refractivity (Wildman–Crippen MR) is 116 cm³/mol. The van der Waals surface area contributed by atoms with Crippen molar-refractivity contribution in [3.63, 3.8) is 0 Å². The smallest absolute Gasteiger partial charge is 0.315 e. The Labute approximate surface area is 176 Å². The number of para-hydroxylation sites is 1. The minimum atomic E-state index is -0.140. The molecule has 0 radical (unpaired) electrons. The molecule has 4 rings (SSSR count). The summed E-state index contributed by atoms with van der Waals surface area (Å²) in [6.07, 6.45) is 8.06. The van der Waals surface area contributed by atoms with Crippen molar-refractivity contribution in [1.82, 2.24) is 20.5 Å². The Morgan fingerprint density at radius 2 is 1.83 bits per heavy atom. The fraction of sp³-hybridized carbons (Fsp3) is 0.591. The molecule has 1 aromatic heterocycles. The maximum Gasteiger partial charge on any atom is 0.315 e. The molecule has 1 aromatic carbocycles. The van der Waals surface area contributed by atoms with Crippen LogP contribution < -0.4 is 10.6 Å². The third kappa shape index (κ3) is 5.26. The van der Waals surface area contributed by atoms with Gasteiger partial charge in [0.1, 0.15) is 0 Å². The fourth-order valence-electron chi connectivity index (χ4n) is 4.36. The van der Waals surface area contributed by atoms with Crippen molar-refractivity contribution in [3.8, 4) is 0 Å². The van der Waals surface area contributed by atoms with E-state index in [1.807, 2.05) is 11.0 Å². The van der Waals surface area contributed by atoms with E-state index >= 15 is 0 Å². The van der Waals surface area contributed by atoms with Crippen molar-refractivity contribution in [1.29, 1.82) is 0 Å². The lowest BCUT2D eigenvalue weighted by molar-refractivity contribution is -0.132. The van der Waals surface area contributed by atoms with Gasteiger partial charge in [0.25, 0.3) is 0 Å². The molecule has 3 amide bonds. The number of thiazole rings is 1. The summed E-state index contributed by atoms with van der Waals surface area (Å²) in [6.45, 7) is 1.94. The first-order valence-electron chi connectivity index (χ1n) is 10.9. The zero-order valence-electron chi connectivity index (χ0n) is 16.9. The Hall–Kier alpha value is -2.15. The average molecular weight is 415 g/mol. The second kappa shape index (κ2) is 9.57. The molecule has 0 unspecified atom stereocenters. The van der Waals surface area contributed by atoms with E-state index in [1.54, 1.807) is 11.3 Å². The Bertz CT molecular complexity index is 805. The Balaban J connectivity index is 1.17. The van der Waals surface area contributed by atoms with E-state index in [2.05, 4.69) is 28.8 Å². The lowest BCUT2D eigenvalue weighted by Crippen LogP contribution is -2.44. The maximum atomic E-state index is 12.5. The SMILES string of the molecule is O=C(NCCC(=O)N1CCC(c2nc3ccccc3s2)CC1)NC1CCCCC1. The van der Waals surface area contributed by atoms with Gasteiger partial charge < -0.3 is 15.5 Å². The summed E-state index contributed by atoms with van der Waals surface area (Å²) in [4.78, 5) is 31.2. The molecule has 1 saturated carbocycles. The second-order valence-electron chi connectivity index (χ2n) is 8.16.